The molecule has 0 radical (unpaired) electrons. The van der Waals surface area contributed by atoms with Gasteiger partial charge in [-0.15, -0.1) is 0 Å². The number of likely N-dealkylation sites (N-methyl/N-ethyl adjacent to an activating group) is 1. The monoisotopic (exact) mass is 237 g/mol. The lowest BCUT2D eigenvalue weighted by Gasteiger charge is -2.30. The van der Waals surface area contributed by atoms with Gasteiger partial charge in [-0.05, 0) is 17.7 Å². The number of nitrogens with zero attached hydrogens (tertiary/aromatic N) is 1. The third kappa shape index (κ3) is 3.27. The number of piperazine rings is 1. The summed E-state index contributed by atoms with van der Waals surface area (Å²) in [5, 5.41) is 0. The molecule has 1 aliphatic rings. The molecule has 1 aromatic carbocycles. The van der Waals surface area contributed by atoms with Crippen LogP contribution in [0.1, 0.15) is 5.56 Å². The minimum atomic E-state index is -0.260. The van der Waals surface area contributed by atoms with E-state index in [1.54, 1.807) is 12.1 Å². The zero-order chi connectivity index (χ0) is 12.3. The van der Waals surface area contributed by atoms with Gasteiger partial charge in [0.15, 0.2) is 0 Å². The molecule has 1 aliphatic heterocycles. The molecule has 1 heterocycles. The van der Waals surface area contributed by atoms with Crippen LogP contribution >= 0.6 is 0 Å². The van der Waals surface area contributed by atoms with Crippen LogP contribution in [0.4, 0.5) is 4.39 Å². The summed E-state index contributed by atoms with van der Waals surface area (Å²) in [4.78, 5) is 15.3. The van der Waals surface area contributed by atoms with Crippen LogP contribution in [0.25, 0.3) is 0 Å². The van der Waals surface area contributed by atoms with Crippen molar-refractivity contribution >= 4 is 5.91 Å². The number of carbonyl (C=O) groups is 1. The van der Waals surface area contributed by atoms with E-state index in [0.29, 0.717) is 6.42 Å². The van der Waals surface area contributed by atoms with Crippen LogP contribution in [0.3, 0.4) is 0 Å². The lowest BCUT2D eigenvalue weighted by Crippen LogP contribution is -3.12. The van der Waals surface area contributed by atoms with Crippen LogP contribution in [0.15, 0.2) is 24.3 Å². The predicted molar refractivity (Wildman–Crippen MR) is 63.3 cm³/mol. The van der Waals surface area contributed by atoms with Gasteiger partial charge in [0.2, 0.25) is 5.91 Å². The highest BCUT2D eigenvalue weighted by atomic mass is 19.1. The van der Waals surface area contributed by atoms with Gasteiger partial charge in [-0.25, -0.2) is 4.39 Å². The number of nitrogens with one attached hydrogen (secondary N) is 1. The van der Waals surface area contributed by atoms with Crippen LogP contribution in [-0.4, -0.2) is 44.0 Å². The molecule has 0 saturated carbocycles. The average Bonchev–Trinajstić information content (AvgIpc) is 2.33. The number of amides is 1. The van der Waals surface area contributed by atoms with Crippen molar-refractivity contribution < 1.29 is 14.1 Å². The lowest BCUT2D eigenvalue weighted by molar-refractivity contribution is -0.883. The SMILES string of the molecule is C[NH+]1CCN(C(=O)Cc2ccc(F)cc2)CC1. The molecule has 2 rings (SSSR count). The first-order chi connectivity index (χ1) is 8.15. The van der Waals surface area contributed by atoms with E-state index in [0.717, 1.165) is 31.7 Å². The largest absolute Gasteiger partial charge is 0.334 e. The molecule has 1 aromatic rings. The molecule has 4 heteroatoms. The summed E-state index contributed by atoms with van der Waals surface area (Å²) < 4.78 is 12.7. The van der Waals surface area contributed by atoms with E-state index < -0.39 is 0 Å². The van der Waals surface area contributed by atoms with E-state index in [2.05, 4.69) is 7.05 Å². The summed E-state index contributed by atoms with van der Waals surface area (Å²) in [6, 6.07) is 6.15. The number of rotatable bonds is 2. The summed E-state index contributed by atoms with van der Waals surface area (Å²) in [7, 11) is 2.14. The molecule has 0 unspecified atom stereocenters. The number of hydrogen-bond acceptors (Lipinski definition) is 1. The first-order valence-electron chi connectivity index (χ1n) is 5.98. The summed E-state index contributed by atoms with van der Waals surface area (Å²) in [6.45, 7) is 3.67. The fraction of sp³-hybridized carbons (Fsp3) is 0.462. The smallest absolute Gasteiger partial charge is 0.227 e. The fourth-order valence-corrected chi connectivity index (χ4v) is 2.03. The van der Waals surface area contributed by atoms with E-state index in [1.165, 1.54) is 17.0 Å². The van der Waals surface area contributed by atoms with Gasteiger partial charge >= 0.3 is 0 Å². The molecule has 92 valence electrons. The van der Waals surface area contributed by atoms with Crippen molar-refractivity contribution in [1.82, 2.24) is 4.90 Å². The van der Waals surface area contributed by atoms with Gasteiger partial charge in [0, 0.05) is 0 Å². The molecule has 3 nitrogen and oxygen atoms in total. The van der Waals surface area contributed by atoms with Gasteiger partial charge in [-0.3, -0.25) is 4.79 Å². The molecule has 0 atom stereocenters. The van der Waals surface area contributed by atoms with Crippen LogP contribution < -0.4 is 4.90 Å². The number of carbonyl (C=O) groups excluding carboxylic acids is 1. The van der Waals surface area contributed by atoms with Crippen LogP contribution in [0.2, 0.25) is 0 Å². The molecule has 0 aromatic heterocycles. The van der Waals surface area contributed by atoms with Gasteiger partial charge in [0.05, 0.1) is 39.6 Å². The fourth-order valence-electron chi connectivity index (χ4n) is 2.03. The molecular formula is C13H18FN2O+. The second kappa shape index (κ2) is 5.27. The molecule has 1 amide bonds. The average molecular weight is 237 g/mol. The summed E-state index contributed by atoms with van der Waals surface area (Å²) >= 11 is 0. The Labute approximate surface area is 101 Å². The molecule has 0 bridgehead atoms. The first kappa shape index (κ1) is 12.0. The first-order valence-corrected chi connectivity index (χ1v) is 5.98. The van der Waals surface area contributed by atoms with Gasteiger partial charge in [-0.1, -0.05) is 12.1 Å². The number of benzene rings is 1. The van der Waals surface area contributed by atoms with Gasteiger partial charge < -0.3 is 9.80 Å². The van der Waals surface area contributed by atoms with Crippen molar-refractivity contribution in [3.8, 4) is 0 Å². The van der Waals surface area contributed by atoms with Crippen molar-refractivity contribution in [2.75, 3.05) is 33.2 Å². The maximum atomic E-state index is 12.7. The molecule has 1 fully saturated rings. The number of hydrogen-bond donors (Lipinski definition) is 1. The number of quaternary nitrogens is 1. The molecule has 0 spiro atoms. The zero-order valence-electron chi connectivity index (χ0n) is 10.1. The van der Waals surface area contributed by atoms with Crippen molar-refractivity contribution in [2.45, 2.75) is 6.42 Å². The zero-order valence-corrected chi connectivity index (χ0v) is 10.1. The predicted octanol–water partition coefficient (Wildman–Crippen LogP) is -0.275. The Bertz CT molecular complexity index is 383. The van der Waals surface area contributed by atoms with E-state index in [1.807, 2.05) is 4.90 Å². The van der Waals surface area contributed by atoms with Crippen LogP contribution in [0, 0.1) is 5.82 Å². The third-order valence-corrected chi connectivity index (χ3v) is 3.24. The Hall–Kier alpha value is -1.42. The Morgan fingerprint density at radius 1 is 1.29 bits per heavy atom. The quantitative estimate of drug-likeness (QED) is 0.752. The van der Waals surface area contributed by atoms with E-state index in [-0.39, 0.29) is 11.7 Å². The van der Waals surface area contributed by atoms with Gasteiger partial charge in [0.25, 0.3) is 0 Å². The Morgan fingerprint density at radius 3 is 2.47 bits per heavy atom. The molecule has 1 saturated heterocycles. The number of halogens is 1. The van der Waals surface area contributed by atoms with E-state index in [9.17, 15) is 9.18 Å². The Balaban J connectivity index is 1.90. The minimum Gasteiger partial charge on any atom is -0.334 e. The van der Waals surface area contributed by atoms with E-state index in [4.69, 9.17) is 0 Å². The van der Waals surface area contributed by atoms with Crippen molar-refractivity contribution in [2.24, 2.45) is 0 Å². The normalized spacial score (nSPS) is 17.2. The highest BCUT2D eigenvalue weighted by molar-refractivity contribution is 5.78. The Morgan fingerprint density at radius 2 is 1.88 bits per heavy atom. The highest BCUT2D eigenvalue weighted by Gasteiger charge is 2.21. The molecule has 17 heavy (non-hydrogen) atoms. The van der Waals surface area contributed by atoms with Crippen LogP contribution in [0.5, 0.6) is 0 Å². The van der Waals surface area contributed by atoms with Crippen molar-refractivity contribution in [3.63, 3.8) is 0 Å². The highest BCUT2D eigenvalue weighted by Crippen LogP contribution is 2.05. The molecule has 1 N–H and O–H groups in total. The second-order valence-corrected chi connectivity index (χ2v) is 4.64. The maximum absolute atomic E-state index is 12.7. The van der Waals surface area contributed by atoms with Gasteiger partial charge in [-0.2, -0.15) is 0 Å². The van der Waals surface area contributed by atoms with Crippen molar-refractivity contribution in [1.29, 1.82) is 0 Å². The summed E-state index contributed by atoms with van der Waals surface area (Å²) in [5.74, 6) is -0.117. The van der Waals surface area contributed by atoms with Gasteiger partial charge in [0.1, 0.15) is 5.82 Å². The molecular weight excluding hydrogens is 219 g/mol. The van der Waals surface area contributed by atoms with Crippen LogP contribution in [-0.2, 0) is 11.2 Å². The second-order valence-electron chi connectivity index (χ2n) is 4.64. The maximum Gasteiger partial charge on any atom is 0.227 e. The standard InChI is InChI=1S/C13H17FN2O/c1-15-6-8-16(9-7-15)13(17)10-11-2-4-12(14)5-3-11/h2-5H,6-10H2,1H3/p+1. The Kier molecular flexibility index (Phi) is 3.74. The summed E-state index contributed by atoms with van der Waals surface area (Å²) in [6.07, 6.45) is 0.374. The molecule has 0 aliphatic carbocycles. The summed E-state index contributed by atoms with van der Waals surface area (Å²) in [5.41, 5.74) is 0.877. The van der Waals surface area contributed by atoms with Crippen molar-refractivity contribution in [3.05, 3.63) is 35.6 Å². The third-order valence-electron chi connectivity index (χ3n) is 3.24. The minimum absolute atomic E-state index is 0.143. The van der Waals surface area contributed by atoms with E-state index >= 15 is 0 Å². The topological polar surface area (TPSA) is 24.8 Å². The lowest BCUT2D eigenvalue weighted by atomic mass is 10.1.